The lowest BCUT2D eigenvalue weighted by Gasteiger charge is -2.34. The van der Waals surface area contributed by atoms with Crippen LogP contribution in [0.2, 0.25) is 0 Å². The molecule has 1 aromatic rings. The van der Waals surface area contributed by atoms with Gasteiger partial charge in [-0.25, -0.2) is 0 Å². The normalized spacial score (nSPS) is 19.3. The van der Waals surface area contributed by atoms with E-state index in [1.54, 1.807) is 39.8 Å². The third-order valence-corrected chi connectivity index (χ3v) is 22.0. The number of nitrogens with two attached hydrogens (primary N) is 6. The number of benzene rings is 1. The van der Waals surface area contributed by atoms with E-state index in [1.165, 1.54) is 52.0 Å². The number of rotatable bonds is 55. The second kappa shape index (κ2) is 62.0. The van der Waals surface area contributed by atoms with Gasteiger partial charge >= 0.3 is 5.97 Å². The van der Waals surface area contributed by atoms with E-state index in [1.807, 2.05) is 6.92 Å². The maximum absolute atomic E-state index is 15.2. The first-order valence-electron chi connectivity index (χ1n) is 45.9. The SMILES string of the molecule is CCCC[C@H](NC(=O)[C@H](CCC(=O)O)NC(=O)[C@H](CCCNC(=N)N)NC(=O)[C@@H](Cc1ccc(O)cc1)NC(=O)[C@H](CCCCN)NC(=O)[C@H](C)NC(=O)[C@]1(C)CCC/C=C\CCC[C@](C)(NC(=O)[C@@H](NC(=O)[C@H](CCCCN)NC(=O)CCNC(C)=O)C(C)C)C(=O)N[C@@H](CCCNC(=N)N)C(=O)N[C@@H](CCCNC(=N)N)C(=O)N[C@@H]([C@@H](C)O)C(=O)N1)C(=O)N[C@@H](CC(C)C)C(N)=O. The lowest BCUT2D eigenvalue weighted by molar-refractivity contribution is -0.140. The number of carboxylic acids is 1. The average molecular weight is 1900 g/mol. The van der Waals surface area contributed by atoms with Gasteiger partial charge in [-0.2, -0.15) is 0 Å². The number of hydrogen-bond donors (Lipinski definition) is 30. The standard InChI is InChI=1S/C87H151N27O20/c1-11-12-26-57(72(124)108-63(69(90)121)47-49(2)3)104-75(127)62(36-37-66(119)120)107-71(123)59(29-23-43-98-83(91)92)106-78(130)64(48-54-32-34-55(117)35-33-54)109-73(125)58(28-18-22-42-89)103-70(122)51(6)101-81(133)86(9)39-19-15-13-14-16-20-40-87(10,113-79(131)67(50(4)5)111-76(128)56(27-17-21-41-88)102-65(118)38-46-97-53(8)116)82(134)110-61(31-25-45-100-85(95)96)74(126)105-60(30-24-44-99-84(93)94)77(129)112-68(52(7)115)80(132)114-86/h13-14,32-35,49-52,56-64,67-68,115,117H,11-12,15-31,36-48,88-89H2,1-10H3,(H2,90,121)(H,97,116)(H,101,133)(H,102,118)(H,103,122)(H,104,127)(H,105,126)(H,106,130)(H,107,123)(H,108,124)(H,109,125)(H,110,134)(H,111,128)(H,112,129)(H,113,131)(H,114,132)(H,119,120)(H4,91,92,98)(H4,93,94,99)(H4,95,96,100)/b14-13-/t51-,52+,56-,57-,58-,59-,60-,61-,62-,63-,64+,67-,68-,86-,87-/m0/s1. The van der Waals surface area contributed by atoms with Crippen LogP contribution in [0.15, 0.2) is 36.4 Å². The number of allylic oxidation sites excluding steroid dienone is 2. The Morgan fingerprint density at radius 1 is 0.500 bits per heavy atom. The second-order valence-corrected chi connectivity index (χ2v) is 34.9. The van der Waals surface area contributed by atoms with Crippen LogP contribution >= 0.6 is 0 Å². The predicted molar refractivity (Wildman–Crippen MR) is 499 cm³/mol. The molecule has 1 aliphatic rings. The lowest BCUT2D eigenvalue weighted by atomic mass is 9.90. The molecule has 0 saturated heterocycles. The van der Waals surface area contributed by atoms with E-state index in [0.717, 1.165) is 6.92 Å². The number of primary amides is 1. The molecule has 16 amide bonds. The summed E-state index contributed by atoms with van der Waals surface area (Å²) >= 11 is 0. The van der Waals surface area contributed by atoms with Gasteiger partial charge in [0.1, 0.15) is 89.3 Å². The van der Waals surface area contributed by atoms with Crippen molar-refractivity contribution < 1.29 is 96.8 Å². The van der Waals surface area contributed by atoms with Gasteiger partial charge in [-0.15, -0.1) is 0 Å². The lowest BCUT2D eigenvalue weighted by Crippen LogP contribution is -2.65. The topological polar surface area (TPSA) is 795 Å². The van der Waals surface area contributed by atoms with Gasteiger partial charge in [0.15, 0.2) is 17.9 Å². The van der Waals surface area contributed by atoms with Crippen LogP contribution in [-0.4, -0.2) is 263 Å². The largest absolute Gasteiger partial charge is 0.508 e. The van der Waals surface area contributed by atoms with Gasteiger partial charge in [-0.1, -0.05) is 71.7 Å². The second-order valence-electron chi connectivity index (χ2n) is 34.9. The summed E-state index contributed by atoms with van der Waals surface area (Å²) in [7, 11) is 0. The van der Waals surface area contributed by atoms with Crippen LogP contribution in [0.3, 0.4) is 0 Å². The number of unbranched alkanes of at least 4 members (excludes halogenated alkanes) is 3. The minimum Gasteiger partial charge on any atom is -0.508 e. The third-order valence-electron chi connectivity index (χ3n) is 22.0. The van der Waals surface area contributed by atoms with E-state index in [-0.39, 0.29) is 179 Å². The number of phenolic OH excluding ortho intramolecular Hbond substituents is 1. The molecule has 15 atom stereocenters. The number of aliphatic hydroxyl groups is 1. The Morgan fingerprint density at radius 3 is 1.43 bits per heavy atom. The number of hydrogen-bond acceptors (Lipinski definition) is 24. The van der Waals surface area contributed by atoms with Crippen molar-refractivity contribution in [3.63, 3.8) is 0 Å². The number of aliphatic hydroxyl groups excluding tert-OH is 1. The number of amides is 16. The summed E-state index contributed by atoms with van der Waals surface area (Å²) in [5.41, 5.74) is 30.4. The van der Waals surface area contributed by atoms with Crippen LogP contribution in [0.4, 0.5) is 0 Å². The monoisotopic (exact) mass is 1890 g/mol. The molecular formula is C87H151N27O20. The number of aliphatic carboxylic acids is 1. The summed E-state index contributed by atoms with van der Waals surface area (Å²) < 4.78 is 0. The van der Waals surface area contributed by atoms with Crippen LogP contribution in [0.25, 0.3) is 0 Å². The summed E-state index contributed by atoms with van der Waals surface area (Å²) in [6.45, 7) is 15.4. The van der Waals surface area contributed by atoms with Crippen molar-refractivity contribution in [2.75, 3.05) is 39.3 Å². The summed E-state index contributed by atoms with van der Waals surface area (Å²) in [6.07, 6.45) is 2.15. The molecular weight excluding hydrogens is 1740 g/mol. The number of phenols is 1. The zero-order valence-electron chi connectivity index (χ0n) is 79.0. The maximum Gasteiger partial charge on any atom is 0.303 e. The first-order chi connectivity index (χ1) is 63.1. The number of guanidine groups is 3. The molecule has 134 heavy (non-hydrogen) atoms. The van der Waals surface area contributed by atoms with Gasteiger partial charge < -0.3 is 145 Å². The fourth-order valence-electron chi connectivity index (χ4n) is 14.2. The van der Waals surface area contributed by atoms with Crippen molar-refractivity contribution in [3.05, 3.63) is 42.0 Å². The molecule has 1 heterocycles. The molecule has 1 aromatic carbocycles. The van der Waals surface area contributed by atoms with E-state index in [4.69, 9.17) is 50.6 Å². The van der Waals surface area contributed by atoms with Crippen LogP contribution in [0, 0.1) is 28.1 Å². The molecule has 47 heteroatoms. The van der Waals surface area contributed by atoms with Crippen LogP contribution in [-0.2, 0) is 87.9 Å². The highest BCUT2D eigenvalue weighted by molar-refractivity contribution is 6.02. The first-order valence-corrected chi connectivity index (χ1v) is 45.9. The van der Waals surface area contributed by atoms with Gasteiger partial charge in [0.25, 0.3) is 0 Å². The molecule has 1 aliphatic heterocycles. The van der Waals surface area contributed by atoms with E-state index >= 15 is 14.4 Å². The summed E-state index contributed by atoms with van der Waals surface area (Å²) in [5, 5.41) is 102. The van der Waals surface area contributed by atoms with Gasteiger partial charge in [-0.05, 0) is 205 Å². The predicted octanol–water partition coefficient (Wildman–Crippen LogP) is -4.37. The summed E-state index contributed by atoms with van der Waals surface area (Å²) in [6, 6.07) is -12.6. The van der Waals surface area contributed by atoms with Crippen molar-refractivity contribution in [1.29, 1.82) is 16.2 Å². The molecule has 0 unspecified atom stereocenters. The molecule has 0 aliphatic carbocycles. The Labute approximate surface area is 782 Å². The zero-order chi connectivity index (χ0) is 101. The van der Waals surface area contributed by atoms with E-state index in [0.29, 0.717) is 37.7 Å². The first kappa shape index (κ1) is 118. The quantitative estimate of drug-likeness (QED) is 0.0127. The van der Waals surface area contributed by atoms with Gasteiger partial charge in [0.2, 0.25) is 94.5 Å². The Balaban J connectivity index is 2.84. The molecule has 0 aromatic heterocycles. The van der Waals surface area contributed by atoms with Crippen molar-refractivity contribution in [3.8, 4) is 5.75 Å². The molecule has 0 fully saturated rings. The van der Waals surface area contributed by atoms with Crippen molar-refractivity contribution in [2.45, 2.75) is 326 Å². The molecule has 0 saturated carbocycles. The minimum absolute atomic E-state index is 0.000186. The van der Waals surface area contributed by atoms with Crippen LogP contribution in [0.1, 0.15) is 235 Å². The van der Waals surface area contributed by atoms with Gasteiger partial charge in [0.05, 0.1) is 6.10 Å². The van der Waals surface area contributed by atoms with Gasteiger partial charge in [-0.3, -0.25) is 97.7 Å². The van der Waals surface area contributed by atoms with E-state index in [2.05, 4.69) is 95.7 Å². The number of aromatic hydroxyl groups is 1. The van der Waals surface area contributed by atoms with E-state index in [9.17, 15) is 82.4 Å². The fourth-order valence-corrected chi connectivity index (χ4v) is 14.2. The molecule has 36 N–H and O–H groups in total. The summed E-state index contributed by atoms with van der Waals surface area (Å²) in [5.74, 6) is -17.9. The highest BCUT2D eigenvalue weighted by Gasteiger charge is 2.44. The highest BCUT2D eigenvalue weighted by atomic mass is 16.4. The maximum atomic E-state index is 15.2. The molecule has 47 nitrogen and oxygen atoms in total. The average Bonchev–Trinajstić information content (AvgIpc) is 0.887. The van der Waals surface area contributed by atoms with Crippen molar-refractivity contribution in [1.82, 2.24) is 95.7 Å². The third kappa shape index (κ3) is 46.2. The molecule has 754 valence electrons. The number of carbonyl (C=O) groups is 17. The highest BCUT2D eigenvalue weighted by Crippen LogP contribution is 2.23. The Kier molecular flexibility index (Phi) is 54.4. The van der Waals surface area contributed by atoms with Crippen molar-refractivity contribution >= 4 is 118 Å². The fraction of sp³-hybridized carbons (Fsp3) is 0.678. The Bertz CT molecular complexity index is 4100. The van der Waals surface area contributed by atoms with Crippen molar-refractivity contribution in [2.24, 2.45) is 46.2 Å². The number of nitrogens with one attached hydrogen (secondary N) is 21. The van der Waals surface area contributed by atoms with Crippen LogP contribution in [0.5, 0.6) is 5.75 Å². The minimum atomic E-state index is -2.04. The molecule has 0 bridgehead atoms. The number of carbonyl (C=O) groups excluding carboxylic acids is 16. The smallest absolute Gasteiger partial charge is 0.303 e. The summed E-state index contributed by atoms with van der Waals surface area (Å²) in [4.78, 5) is 241. The zero-order valence-corrected chi connectivity index (χ0v) is 79.0. The molecule has 0 radical (unpaired) electrons. The number of carboxylic acid groups (broad SMARTS) is 1. The molecule has 2 rings (SSSR count). The van der Waals surface area contributed by atoms with E-state index < -0.39 is 221 Å². The van der Waals surface area contributed by atoms with Gasteiger partial charge in [0, 0.05) is 52.4 Å². The van der Waals surface area contributed by atoms with Crippen LogP contribution < -0.4 is 130 Å². The Morgan fingerprint density at radius 2 is 0.948 bits per heavy atom. The molecule has 0 spiro atoms. The Hall–Kier alpha value is -12.6.